The number of hydrogen-bond donors (Lipinski definition) is 0. The Hall–Kier alpha value is -2.58. The normalized spacial score (nSPS) is 14.2. The molecule has 1 aliphatic carbocycles. The minimum Gasteiger partial charge on any atom is -0.391 e. The highest BCUT2D eigenvalue weighted by Crippen LogP contribution is 2.34. The number of halogens is 1. The number of benzene rings is 3. The number of hydrogen-bond acceptors (Lipinski definition) is 2. The molecule has 0 N–H and O–H groups in total. The second-order valence-electron chi connectivity index (χ2n) is 7.44. The third kappa shape index (κ3) is 4.13. The molecular formula is C25H24ClNO. The standard InChI is InChI=1S/C25H24ClNO/c1-17-8-9-22(18(2)24(17)19-6-4-3-5-7-19)16-28-27-25(20-10-11-20)21-12-14-23(26)15-13-21/h3-9,12-15,20H,10-11,16H2,1-2H3. The van der Waals surface area contributed by atoms with E-state index in [1.807, 2.05) is 30.3 Å². The fourth-order valence-electron chi connectivity index (χ4n) is 3.61. The van der Waals surface area contributed by atoms with Gasteiger partial charge in [-0.1, -0.05) is 71.4 Å². The van der Waals surface area contributed by atoms with E-state index in [9.17, 15) is 0 Å². The van der Waals surface area contributed by atoms with Crippen molar-refractivity contribution in [3.8, 4) is 11.1 Å². The zero-order valence-electron chi connectivity index (χ0n) is 16.3. The minimum absolute atomic E-state index is 0.468. The number of aryl methyl sites for hydroxylation is 1. The maximum atomic E-state index is 6.02. The van der Waals surface area contributed by atoms with Crippen LogP contribution in [0.5, 0.6) is 0 Å². The Morgan fingerprint density at radius 2 is 1.68 bits per heavy atom. The van der Waals surface area contributed by atoms with E-state index in [0.29, 0.717) is 12.5 Å². The van der Waals surface area contributed by atoms with Gasteiger partial charge in [-0.15, -0.1) is 0 Å². The van der Waals surface area contributed by atoms with Crippen LogP contribution in [0, 0.1) is 19.8 Å². The summed E-state index contributed by atoms with van der Waals surface area (Å²) in [5.41, 5.74) is 8.34. The SMILES string of the molecule is Cc1ccc(CON=C(c2ccc(Cl)cc2)C2CC2)c(C)c1-c1ccccc1. The molecule has 3 heteroatoms. The fraction of sp³-hybridized carbons (Fsp3) is 0.240. The molecule has 4 rings (SSSR count). The second-order valence-corrected chi connectivity index (χ2v) is 7.88. The Labute approximate surface area is 171 Å². The van der Waals surface area contributed by atoms with E-state index >= 15 is 0 Å². The van der Waals surface area contributed by atoms with Crippen molar-refractivity contribution in [2.45, 2.75) is 33.3 Å². The summed E-state index contributed by atoms with van der Waals surface area (Å²) in [7, 11) is 0. The maximum absolute atomic E-state index is 6.02. The Balaban J connectivity index is 1.56. The molecule has 0 saturated heterocycles. The molecule has 0 aromatic heterocycles. The second kappa shape index (κ2) is 8.20. The summed E-state index contributed by atoms with van der Waals surface area (Å²) in [6.07, 6.45) is 2.35. The quantitative estimate of drug-likeness (QED) is 0.330. The van der Waals surface area contributed by atoms with Crippen molar-refractivity contribution in [2.75, 3.05) is 0 Å². The molecule has 0 bridgehead atoms. The zero-order valence-corrected chi connectivity index (χ0v) is 17.0. The first-order valence-electron chi connectivity index (χ1n) is 9.74. The van der Waals surface area contributed by atoms with Crippen LogP contribution in [0.1, 0.15) is 35.1 Å². The van der Waals surface area contributed by atoms with Gasteiger partial charge in [0.1, 0.15) is 6.61 Å². The number of rotatable bonds is 6. The van der Waals surface area contributed by atoms with Crippen LogP contribution >= 0.6 is 11.6 Å². The Morgan fingerprint density at radius 1 is 0.964 bits per heavy atom. The van der Waals surface area contributed by atoms with Crippen molar-refractivity contribution in [1.82, 2.24) is 0 Å². The van der Waals surface area contributed by atoms with Crippen molar-refractivity contribution in [3.63, 3.8) is 0 Å². The van der Waals surface area contributed by atoms with Crippen LogP contribution in [0.25, 0.3) is 11.1 Å². The van der Waals surface area contributed by atoms with E-state index in [-0.39, 0.29) is 0 Å². The van der Waals surface area contributed by atoms with Gasteiger partial charge in [0.05, 0.1) is 5.71 Å². The van der Waals surface area contributed by atoms with Gasteiger partial charge in [0.15, 0.2) is 0 Å². The number of nitrogens with zero attached hydrogens (tertiary/aromatic N) is 1. The lowest BCUT2D eigenvalue weighted by Gasteiger charge is -2.14. The molecule has 2 nitrogen and oxygen atoms in total. The third-order valence-electron chi connectivity index (χ3n) is 5.33. The molecule has 142 valence electrons. The summed E-state index contributed by atoms with van der Waals surface area (Å²) in [5.74, 6) is 0.500. The van der Waals surface area contributed by atoms with Crippen LogP contribution < -0.4 is 0 Å². The van der Waals surface area contributed by atoms with Gasteiger partial charge in [0.25, 0.3) is 0 Å². The van der Waals surface area contributed by atoms with Crippen LogP contribution in [-0.4, -0.2) is 5.71 Å². The van der Waals surface area contributed by atoms with Crippen LogP contribution in [0.4, 0.5) is 0 Å². The molecule has 1 fully saturated rings. The monoisotopic (exact) mass is 389 g/mol. The average molecular weight is 390 g/mol. The minimum atomic E-state index is 0.468. The zero-order chi connectivity index (χ0) is 19.5. The van der Waals surface area contributed by atoms with Gasteiger partial charge in [-0.2, -0.15) is 0 Å². The van der Waals surface area contributed by atoms with E-state index in [0.717, 1.165) is 16.3 Å². The van der Waals surface area contributed by atoms with Gasteiger partial charge in [0.2, 0.25) is 0 Å². The predicted molar refractivity (Wildman–Crippen MR) is 117 cm³/mol. The van der Waals surface area contributed by atoms with Gasteiger partial charge in [-0.3, -0.25) is 0 Å². The lowest BCUT2D eigenvalue weighted by molar-refractivity contribution is 0.129. The molecule has 0 spiro atoms. The van der Waals surface area contributed by atoms with Crippen molar-refractivity contribution >= 4 is 17.3 Å². The van der Waals surface area contributed by atoms with Gasteiger partial charge < -0.3 is 4.84 Å². The summed E-state index contributed by atoms with van der Waals surface area (Å²) in [4.78, 5) is 5.83. The first-order chi connectivity index (χ1) is 13.6. The highest BCUT2D eigenvalue weighted by molar-refractivity contribution is 6.30. The summed E-state index contributed by atoms with van der Waals surface area (Å²) in [6.45, 7) is 4.79. The molecule has 1 saturated carbocycles. The van der Waals surface area contributed by atoms with E-state index in [4.69, 9.17) is 16.4 Å². The van der Waals surface area contributed by atoms with E-state index in [2.05, 4.69) is 55.4 Å². The van der Waals surface area contributed by atoms with Crippen LogP contribution in [0.15, 0.2) is 71.9 Å². The highest BCUT2D eigenvalue weighted by Gasteiger charge is 2.29. The van der Waals surface area contributed by atoms with Crippen molar-refractivity contribution in [3.05, 3.63) is 94.0 Å². The lowest BCUT2D eigenvalue weighted by atomic mass is 9.92. The molecule has 0 radical (unpaired) electrons. The third-order valence-corrected chi connectivity index (χ3v) is 5.59. The summed E-state index contributed by atoms with van der Waals surface area (Å²) >= 11 is 6.02. The largest absolute Gasteiger partial charge is 0.391 e. The van der Waals surface area contributed by atoms with E-state index in [1.54, 1.807) is 0 Å². The van der Waals surface area contributed by atoms with Gasteiger partial charge >= 0.3 is 0 Å². The van der Waals surface area contributed by atoms with Gasteiger partial charge in [-0.05, 0) is 72.2 Å². The molecule has 0 atom stereocenters. The predicted octanol–water partition coefficient (Wildman–Crippen LogP) is 6.95. The molecule has 28 heavy (non-hydrogen) atoms. The molecular weight excluding hydrogens is 366 g/mol. The summed E-state index contributed by atoms with van der Waals surface area (Å²) in [6, 6.07) is 22.7. The summed E-state index contributed by atoms with van der Waals surface area (Å²) < 4.78 is 0. The Morgan fingerprint density at radius 3 is 2.36 bits per heavy atom. The molecule has 1 aliphatic rings. The lowest BCUT2D eigenvalue weighted by Crippen LogP contribution is -2.05. The molecule has 0 heterocycles. The highest BCUT2D eigenvalue weighted by atomic mass is 35.5. The molecule has 0 unspecified atom stereocenters. The maximum Gasteiger partial charge on any atom is 0.142 e. The molecule has 3 aromatic carbocycles. The van der Waals surface area contributed by atoms with E-state index < -0.39 is 0 Å². The van der Waals surface area contributed by atoms with Gasteiger partial charge in [0, 0.05) is 10.9 Å². The number of oxime groups is 1. The van der Waals surface area contributed by atoms with Crippen molar-refractivity contribution < 1.29 is 4.84 Å². The van der Waals surface area contributed by atoms with Crippen LogP contribution in [0.2, 0.25) is 5.02 Å². The first-order valence-corrected chi connectivity index (χ1v) is 10.1. The first kappa shape index (κ1) is 18.8. The average Bonchev–Trinajstić information content (AvgIpc) is 3.54. The topological polar surface area (TPSA) is 21.6 Å². The fourth-order valence-corrected chi connectivity index (χ4v) is 3.73. The van der Waals surface area contributed by atoms with Crippen LogP contribution in [0.3, 0.4) is 0 Å². The summed E-state index contributed by atoms with van der Waals surface area (Å²) in [5, 5.41) is 5.26. The van der Waals surface area contributed by atoms with Crippen molar-refractivity contribution in [1.29, 1.82) is 0 Å². The molecule has 0 amide bonds. The molecule has 0 aliphatic heterocycles. The van der Waals surface area contributed by atoms with E-state index in [1.165, 1.54) is 40.7 Å². The van der Waals surface area contributed by atoms with Crippen molar-refractivity contribution in [2.24, 2.45) is 11.1 Å². The van der Waals surface area contributed by atoms with Gasteiger partial charge in [-0.25, -0.2) is 0 Å². The van der Waals surface area contributed by atoms with Crippen LogP contribution in [-0.2, 0) is 11.4 Å². The Bertz CT molecular complexity index is 989. The Kier molecular flexibility index (Phi) is 5.50. The smallest absolute Gasteiger partial charge is 0.142 e. The molecule has 3 aromatic rings.